The Kier molecular flexibility index (Phi) is 5.74. The van der Waals surface area contributed by atoms with Gasteiger partial charge in [-0.2, -0.15) is 0 Å². The molecule has 0 atom stereocenters. The first kappa shape index (κ1) is 20.1. The molecular formula is C23H25IN4O. The number of nitrogens with two attached hydrogens (primary N) is 1. The van der Waals surface area contributed by atoms with Crippen molar-refractivity contribution in [3.63, 3.8) is 0 Å². The number of aryl methyl sites for hydroxylation is 2. The highest BCUT2D eigenvalue weighted by Gasteiger charge is 2.23. The lowest BCUT2D eigenvalue weighted by Gasteiger charge is -2.35. The van der Waals surface area contributed by atoms with Gasteiger partial charge in [-0.1, -0.05) is 23.8 Å². The molecule has 0 bridgehead atoms. The Bertz CT molecular complexity index is 1070. The molecule has 0 spiro atoms. The molecule has 1 amide bonds. The maximum absolute atomic E-state index is 12.9. The fraction of sp³-hybridized carbons (Fsp3) is 0.304. The quantitative estimate of drug-likeness (QED) is 0.553. The van der Waals surface area contributed by atoms with Crippen LogP contribution in [-0.2, 0) is 6.54 Å². The van der Waals surface area contributed by atoms with Gasteiger partial charge < -0.3 is 10.6 Å². The number of amides is 1. The summed E-state index contributed by atoms with van der Waals surface area (Å²) < 4.78 is 1.15. The van der Waals surface area contributed by atoms with E-state index >= 15 is 0 Å². The number of hydrogen-bond donors (Lipinski definition) is 1. The number of anilines is 1. The predicted molar refractivity (Wildman–Crippen MR) is 126 cm³/mol. The van der Waals surface area contributed by atoms with Crippen molar-refractivity contribution in [1.29, 1.82) is 0 Å². The van der Waals surface area contributed by atoms with Crippen molar-refractivity contribution in [3.8, 4) is 0 Å². The van der Waals surface area contributed by atoms with Crippen molar-refractivity contribution in [2.24, 2.45) is 0 Å². The summed E-state index contributed by atoms with van der Waals surface area (Å²) in [7, 11) is 0. The number of benzene rings is 2. The van der Waals surface area contributed by atoms with E-state index in [1.54, 1.807) is 0 Å². The van der Waals surface area contributed by atoms with Crippen LogP contribution in [0.15, 0.2) is 42.5 Å². The minimum absolute atomic E-state index is 0.135. The Balaban J connectivity index is 1.45. The standard InChI is InChI=1S/C23H25IN4O/c1-15-3-5-19(16(2)11-15)23(29)28-9-7-27(8-10-28)14-17-12-22(25)26-21-13-18(24)4-6-20(17)21/h3-6,11-13H,7-10,14H2,1-2H3,(H2,25,26). The highest BCUT2D eigenvalue weighted by Crippen LogP contribution is 2.24. The zero-order chi connectivity index (χ0) is 20.5. The molecule has 1 aliphatic heterocycles. The fourth-order valence-corrected chi connectivity index (χ4v) is 4.48. The summed E-state index contributed by atoms with van der Waals surface area (Å²) in [6, 6.07) is 14.3. The van der Waals surface area contributed by atoms with Crippen LogP contribution < -0.4 is 5.73 Å². The number of hydrogen-bond acceptors (Lipinski definition) is 4. The molecule has 2 aromatic carbocycles. The van der Waals surface area contributed by atoms with E-state index in [4.69, 9.17) is 5.73 Å². The van der Waals surface area contributed by atoms with E-state index < -0.39 is 0 Å². The molecule has 1 saturated heterocycles. The first-order valence-corrected chi connectivity index (χ1v) is 10.9. The maximum Gasteiger partial charge on any atom is 0.254 e. The van der Waals surface area contributed by atoms with Crippen LogP contribution in [0.2, 0.25) is 0 Å². The van der Waals surface area contributed by atoms with E-state index in [-0.39, 0.29) is 5.91 Å². The van der Waals surface area contributed by atoms with Gasteiger partial charge in [0, 0.05) is 47.2 Å². The lowest BCUT2D eigenvalue weighted by molar-refractivity contribution is 0.0628. The zero-order valence-corrected chi connectivity index (χ0v) is 18.9. The second-order valence-corrected chi connectivity index (χ2v) is 9.00. The molecule has 4 rings (SSSR count). The normalized spacial score (nSPS) is 15.1. The fourth-order valence-electron chi connectivity index (χ4n) is 4.00. The number of rotatable bonds is 3. The summed E-state index contributed by atoms with van der Waals surface area (Å²) in [5.74, 6) is 0.688. The Morgan fingerprint density at radius 1 is 1.07 bits per heavy atom. The monoisotopic (exact) mass is 500 g/mol. The number of halogens is 1. The lowest BCUT2D eigenvalue weighted by atomic mass is 10.0. The molecule has 2 heterocycles. The maximum atomic E-state index is 12.9. The molecule has 0 saturated carbocycles. The summed E-state index contributed by atoms with van der Waals surface area (Å²) in [5, 5.41) is 1.15. The minimum Gasteiger partial charge on any atom is -0.384 e. The number of nitrogens with zero attached hydrogens (tertiary/aromatic N) is 3. The van der Waals surface area contributed by atoms with Gasteiger partial charge in [0.25, 0.3) is 5.91 Å². The SMILES string of the molecule is Cc1ccc(C(=O)N2CCN(Cc3cc(N)nc4cc(I)ccc34)CC2)c(C)c1. The molecule has 150 valence electrons. The van der Waals surface area contributed by atoms with E-state index in [2.05, 4.69) is 63.7 Å². The third-order valence-corrected chi connectivity index (χ3v) is 6.21. The number of aromatic nitrogens is 1. The Labute approximate surface area is 185 Å². The Morgan fingerprint density at radius 2 is 1.83 bits per heavy atom. The molecule has 1 fully saturated rings. The highest BCUT2D eigenvalue weighted by atomic mass is 127. The molecule has 6 heteroatoms. The van der Waals surface area contributed by atoms with Crippen molar-refractivity contribution >= 4 is 45.2 Å². The molecule has 0 radical (unpaired) electrons. The van der Waals surface area contributed by atoms with Gasteiger partial charge in [0.1, 0.15) is 5.82 Å². The number of carbonyl (C=O) groups is 1. The number of piperazine rings is 1. The number of fused-ring (bicyclic) bond motifs is 1. The van der Waals surface area contributed by atoms with Crippen LogP contribution in [-0.4, -0.2) is 46.9 Å². The third-order valence-electron chi connectivity index (χ3n) is 5.54. The lowest BCUT2D eigenvalue weighted by Crippen LogP contribution is -2.48. The summed E-state index contributed by atoms with van der Waals surface area (Å²) >= 11 is 2.29. The zero-order valence-electron chi connectivity index (χ0n) is 16.8. The van der Waals surface area contributed by atoms with Crippen LogP contribution >= 0.6 is 22.6 Å². The second-order valence-electron chi connectivity index (χ2n) is 7.75. The summed E-state index contributed by atoms with van der Waals surface area (Å²) in [4.78, 5) is 21.8. The molecule has 0 unspecified atom stereocenters. The van der Waals surface area contributed by atoms with Gasteiger partial charge in [-0.3, -0.25) is 9.69 Å². The average Bonchev–Trinajstić information content (AvgIpc) is 2.67. The van der Waals surface area contributed by atoms with Gasteiger partial charge in [0.2, 0.25) is 0 Å². The molecule has 5 nitrogen and oxygen atoms in total. The van der Waals surface area contributed by atoms with Crippen molar-refractivity contribution in [2.75, 3.05) is 31.9 Å². The van der Waals surface area contributed by atoms with Crippen LogP contribution in [0, 0.1) is 17.4 Å². The molecule has 1 aliphatic rings. The summed E-state index contributed by atoms with van der Waals surface area (Å²) in [5.41, 5.74) is 11.2. The predicted octanol–water partition coefficient (Wildman–Crippen LogP) is 4.00. The minimum atomic E-state index is 0.135. The molecular weight excluding hydrogens is 475 g/mol. The van der Waals surface area contributed by atoms with Gasteiger partial charge in [-0.05, 0) is 71.8 Å². The Hall–Kier alpha value is -2.19. The number of nitrogen functional groups attached to an aromatic ring is 1. The van der Waals surface area contributed by atoms with Crippen LogP contribution in [0.1, 0.15) is 27.0 Å². The smallest absolute Gasteiger partial charge is 0.254 e. The van der Waals surface area contributed by atoms with Gasteiger partial charge in [-0.25, -0.2) is 4.98 Å². The molecule has 1 aromatic heterocycles. The van der Waals surface area contributed by atoms with E-state index in [9.17, 15) is 4.79 Å². The summed E-state index contributed by atoms with van der Waals surface area (Å²) in [6.07, 6.45) is 0. The molecule has 0 aliphatic carbocycles. The van der Waals surface area contributed by atoms with Gasteiger partial charge >= 0.3 is 0 Å². The van der Waals surface area contributed by atoms with Crippen LogP contribution in [0.3, 0.4) is 0 Å². The van der Waals surface area contributed by atoms with E-state index in [0.29, 0.717) is 5.82 Å². The van der Waals surface area contributed by atoms with Crippen molar-refractivity contribution in [2.45, 2.75) is 20.4 Å². The third kappa shape index (κ3) is 4.38. The largest absolute Gasteiger partial charge is 0.384 e. The average molecular weight is 500 g/mol. The first-order chi connectivity index (χ1) is 13.9. The first-order valence-electron chi connectivity index (χ1n) is 9.84. The van der Waals surface area contributed by atoms with E-state index in [1.807, 2.05) is 30.0 Å². The molecule has 29 heavy (non-hydrogen) atoms. The topological polar surface area (TPSA) is 62.5 Å². The second kappa shape index (κ2) is 8.28. The van der Waals surface area contributed by atoms with E-state index in [0.717, 1.165) is 58.3 Å². The van der Waals surface area contributed by atoms with Gasteiger partial charge in [0.05, 0.1) is 5.52 Å². The van der Waals surface area contributed by atoms with Crippen molar-refractivity contribution < 1.29 is 4.79 Å². The van der Waals surface area contributed by atoms with Gasteiger partial charge in [0.15, 0.2) is 0 Å². The van der Waals surface area contributed by atoms with Crippen LogP contribution in [0.25, 0.3) is 10.9 Å². The van der Waals surface area contributed by atoms with Crippen molar-refractivity contribution in [3.05, 3.63) is 68.3 Å². The van der Waals surface area contributed by atoms with Crippen molar-refractivity contribution in [1.82, 2.24) is 14.8 Å². The molecule has 3 aromatic rings. The number of carbonyl (C=O) groups excluding carboxylic acids is 1. The summed E-state index contributed by atoms with van der Waals surface area (Å²) in [6.45, 7) is 8.06. The molecule has 2 N–H and O–H groups in total. The highest BCUT2D eigenvalue weighted by molar-refractivity contribution is 14.1. The van der Waals surface area contributed by atoms with E-state index in [1.165, 1.54) is 11.1 Å². The number of pyridine rings is 1. The van der Waals surface area contributed by atoms with Crippen LogP contribution in [0.4, 0.5) is 5.82 Å². The Morgan fingerprint density at radius 3 is 2.55 bits per heavy atom. The van der Waals surface area contributed by atoms with Gasteiger partial charge in [-0.15, -0.1) is 0 Å². The van der Waals surface area contributed by atoms with Crippen LogP contribution in [0.5, 0.6) is 0 Å².